The lowest BCUT2D eigenvalue weighted by Gasteiger charge is -2.28. The minimum Gasteiger partial charge on any atom is -0.356 e. The van der Waals surface area contributed by atoms with E-state index in [2.05, 4.69) is 20.2 Å². The van der Waals surface area contributed by atoms with Crippen LogP contribution in [-0.4, -0.2) is 29.0 Å². The van der Waals surface area contributed by atoms with E-state index in [1.54, 1.807) is 12.4 Å². The fraction of sp³-hybridized carbons (Fsp3) is 0.250. The minimum atomic E-state index is -1.05. The Morgan fingerprint density at radius 1 is 0.963 bits per heavy atom. The van der Waals surface area contributed by atoms with E-state index in [1.165, 1.54) is 12.5 Å². The van der Waals surface area contributed by atoms with E-state index in [9.17, 15) is 13.6 Å². The zero-order valence-corrected chi connectivity index (χ0v) is 14.6. The van der Waals surface area contributed by atoms with E-state index in [1.807, 2.05) is 12.1 Å². The lowest BCUT2D eigenvalue weighted by Crippen LogP contribution is -2.30. The smallest absolute Gasteiger partial charge is 0.255 e. The second kappa shape index (κ2) is 7.26. The van der Waals surface area contributed by atoms with Crippen molar-refractivity contribution >= 4 is 28.3 Å². The Morgan fingerprint density at radius 3 is 2.56 bits per heavy atom. The van der Waals surface area contributed by atoms with Crippen molar-refractivity contribution in [2.24, 2.45) is 0 Å². The summed E-state index contributed by atoms with van der Waals surface area (Å²) >= 11 is 0. The summed E-state index contributed by atoms with van der Waals surface area (Å²) in [6, 6.07) is 8.42. The van der Waals surface area contributed by atoms with Gasteiger partial charge in [-0.3, -0.25) is 4.79 Å². The van der Waals surface area contributed by atoms with Crippen molar-refractivity contribution < 1.29 is 13.6 Å². The largest absolute Gasteiger partial charge is 0.356 e. The number of nitrogens with one attached hydrogen (secondary N) is 1. The Hall–Kier alpha value is -3.09. The molecule has 2 heterocycles. The molecule has 2 aromatic carbocycles. The SMILES string of the molecule is O=C(Nc1ccc2ncnc(N3CCCCC3)c2c1)c1ccc(F)c(F)c1. The summed E-state index contributed by atoms with van der Waals surface area (Å²) in [6.45, 7) is 1.88. The summed E-state index contributed by atoms with van der Waals surface area (Å²) in [7, 11) is 0. The minimum absolute atomic E-state index is 0.0505. The third-order valence-corrected chi connectivity index (χ3v) is 4.71. The monoisotopic (exact) mass is 368 g/mol. The van der Waals surface area contributed by atoms with Crippen LogP contribution in [0.3, 0.4) is 0 Å². The molecule has 5 nitrogen and oxygen atoms in total. The van der Waals surface area contributed by atoms with Crippen LogP contribution in [0.5, 0.6) is 0 Å². The maximum absolute atomic E-state index is 13.4. The molecule has 0 aliphatic carbocycles. The summed E-state index contributed by atoms with van der Waals surface area (Å²) in [5.74, 6) is -1.70. The number of nitrogens with zero attached hydrogens (tertiary/aromatic N) is 3. The maximum atomic E-state index is 13.4. The topological polar surface area (TPSA) is 58.1 Å². The Labute approximate surface area is 155 Å². The summed E-state index contributed by atoms with van der Waals surface area (Å²) in [4.78, 5) is 23.3. The molecule has 1 aliphatic rings. The van der Waals surface area contributed by atoms with Crippen LogP contribution in [0, 0.1) is 11.6 Å². The van der Waals surface area contributed by atoms with Gasteiger partial charge in [-0.25, -0.2) is 18.7 Å². The fourth-order valence-corrected chi connectivity index (χ4v) is 3.32. The van der Waals surface area contributed by atoms with Gasteiger partial charge in [0.25, 0.3) is 5.91 Å². The maximum Gasteiger partial charge on any atom is 0.255 e. The molecule has 1 saturated heterocycles. The standard InChI is InChI=1S/C20H18F2N4O/c21-16-6-4-13(10-17(16)22)20(27)25-14-5-7-18-15(11-14)19(24-12-23-18)26-8-2-1-3-9-26/h4-7,10-12H,1-3,8-9H2,(H,25,27). The average molecular weight is 368 g/mol. The number of aromatic nitrogens is 2. The number of fused-ring (bicyclic) bond motifs is 1. The van der Waals surface area contributed by atoms with Crippen LogP contribution in [0.4, 0.5) is 20.3 Å². The van der Waals surface area contributed by atoms with Crippen LogP contribution in [0.1, 0.15) is 29.6 Å². The molecule has 4 rings (SSSR count). The normalized spacial score (nSPS) is 14.4. The van der Waals surface area contributed by atoms with Crippen molar-refractivity contribution in [1.29, 1.82) is 0 Å². The van der Waals surface area contributed by atoms with Gasteiger partial charge in [0, 0.05) is 29.7 Å². The van der Waals surface area contributed by atoms with Crippen LogP contribution in [-0.2, 0) is 0 Å². The van der Waals surface area contributed by atoms with Crippen molar-refractivity contribution in [2.75, 3.05) is 23.3 Å². The van der Waals surface area contributed by atoms with Gasteiger partial charge in [0.05, 0.1) is 5.52 Å². The highest BCUT2D eigenvalue weighted by Crippen LogP contribution is 2.28. The molecule has 1 aromatic heterocycles. The van der Waals surface area contributed by atoms with E-state index in [0.29, 0.717) is 5.69 Å². The summed E-state index contributed by atoms with van der Waals surface area (Å²) in [5, 5.41) is 3.57. The third-order valence-electron chi connectivity index (χ3n) is 4.71. The fourth-order valence-electron chi connectivity index (χ4n) is 3.32. The number of hydrogen-bond donors (Lipinski definition) is 1. The van der Waals surface area contributed by atoms with Gasteiger partial charge >= 0.3 is 0 Å². The molecule has 1 fully saturated rings. The lowest BCUT2D eigenvalue weighted by molar-refractivity contribution is 0.102. The highest BCUT2D eigenvalue weighted by molar-refractivity contribution is 6.05. The van der Waals surface area contributed by atoms with Gasteiger partial charge in [0.15, 0.2) is 11.6 Å². The molecule has 1 aliphatic heterocycles. The zero-order chi connectivity index (χ0) is 18.8. The van der Waals surface area contributed by atoms with Crippen LogP contribution in [0.2, 0.25) is 0 Å². The third kappa shape index (κ3) is 3.58. The van der Waals surface area contributed by atoms with Crippen LogP contribution >= 0.6 is 0 Å². The number of carbonyl (C=O) groups is 1. The Kier molecular flexibility index (Phi) is 4.66. The molecule has 0 bridgehead atoms. The number of benzene rings is 2. The Morgan fingerprint density at radius 2 is 1.78 bits per heavy atom. The van der Waals surface area contributed by atoms with Crippen LogP contribution in [0.15, 0.2) is 42.7 Å². The Balaban J connectivity index is 1.64. The van der Waals surface area contributed by atoms with Gasteiger partial charge < -0.3 is 10.2 Å². The molecule has 0 unspecified atom stereocenters. The van der Waals surface area contributed by atoms with E-state index in [-0.39, 0.29) is 5.56 Å². The van der Waals surface area contributed by atoms with Crippen LogP contribution < -0.4 is 10.2 Å². The van der Waals surface area contributed by atoms with Gasteiger partial charge in [0.2, 0.25) is 0 Å². The highest BCUT2D eigenvalue weighted by atomic mass is 19.2. The predicted octanol–water partition coefficient (Wildman–Crippen LogP) is 4.15. The number of hydrogen-bond acceptors (Lipinski definition) is 4. The first kappa shape index (κ1) is 17.3. The summed E-state index contributed by atoms with van der Waals surface area (Å²) in [5.41, 5.74) is 1.39. The van der Waals surface area contributed by atoms with Gasteiger partial charge in [0.1, 0.15) is 12.1 Å². The molecular formula is C20H18F2N4O. The predicted molar refractivity (Wildman–Crippen MR) is 99.9 cm³/mol. The molecule has 7 heteroatoms. The quantitative estimate of drug-likeness (QED) is 0.755. The van der Waals surface area contributed by atoms with Crippen molar-refractivity contribution in [2.45, 2.75) is 19.3 Å². The van der Waals surface area contributed by atoms with Crippen LogP contribution in [0.25, 0.3) is 10.9 Å². The van der Waals surface area contributed by atoms with E-state index < -0.39 is 17.5 Å². The second-order valence-electron chi connectivity index (χ2n) is 6.56. The van der Waals surface area contributed by atoms with Crippen molar-refractivity contribution in [1.82, 2.24) is 9.97 Å². The molecule has 1 N–H and O–H groups in total. The number of anilines is 2. The highest BCUT2D eigenvalue weighted by Gasteiger charge is 2.16. The summed E-state index contributed by atoms with van der Waals surface area (Å²) < 4.78 is 26.4. The lowest BCUT2D eigenvalue weighted by atomic mass is 10.1. The molecule has 138 valence electrons. The second-order valence-corrected chi connectivity index (χ2v) is 6.56. The molecule has 1 amide bonds. The van der Waals surface area contributed by atoms with Gasteiger partial charge in [-0.1, -0.05) is 0 Å². The summed E-state index contributed by atoms with van der Waals surface area (Å²) in [6.07, 6.45) is 5.01. The number of carbonyl (C=O) groups excluding carboxylic acids is 1. The number of rotatable bonds is 3. The molecule has 3 aromatic rings. The average Bonchev–Trinajstić information content (AvgIpc) is 2.70. The van der Waals surface area contributed by atoms with Gasteiger partial charge in [-0.15, -0.1) is 0 Å². The number of piperidine rings is 1. The first-order valence-electron chi connectivity index (χ1n) is 8.88. The number of halogens is 2. The molecular weight excluding hydrogens is 350 g/mol. The van der Waals surface area contributed by atoms with Gasteiger partial charge in [-0.2, -0.15) is 0 Å². The van der Waals surface area contributed by atoms with Crippen molar-refractivity contribution in [3.63, 3.8) is 0 Å². The molecule has 0 radical (unpaired) electrons. The van der Waals surface area contributed by atoms with E-state index in [0.717, 1.165) is 54.8 Å². The van der Waals surface area contributed by atoms with E-state index in [4.69, 9.17) is 0 Å². The molecule has 0 saturated carbocycles. The van der Waals surface area contributed by atoms with Gasteiger partial charge in [-0.05, 0) is 55.7 Å². The zero-order valence-electron chi connectivity index (χ0n) is 14.6. The Bertz CT molecular complexity index is 1000. The molecule has 0 atom stereocenters. The first-order valence-corrected chi connectivity index (χ1v) is 8.88. The number of amides is 1. The first-order chi connectivity index (χ1) is 13.1. The molecule has 27 heavy (non-hydrogen) atoms. The molecule has 0 spiro atoms. The van der Waals surface area contributed by atoms with E-state index >= 15 is 0 Å². The van der Waals surface area contributed by atoms with Crippen molar-refractivity contribution in [3.8, 4) is 0 Å². The van der Waals surface area contributed by atoms with Crippen molar-refractivity contribution in [3.05, 3.63) is 59.9 Å².